The van der Waals surface area contributed by atoms with E-state index in [0.717, 1.165) is 9.80 Å². The highest BCUT2D eigenvalue weighted by Crippen LogP contribution is 2.19. The van der Waals surface area contributed by atoms with Crippen molar-refractivity contribution in [2.24, 2.45) is 5.92 Å². The highest BCUT2D eigenvalue weighted by Gasteiger charge is 2.46. The molecule has 0 aromatic heterocycles. The fourth-order valence-electron chi connectivity index (χ4n) is 1.89. The molecule has 1 aliphatic rings. The van der Waals surface area contributed by atoms with Gasteiger partial charge in [-0.2, -0.15) is 0 Å². The molecular weight excluding hydrogens is 278 g/mol. The van der Waals surface area contributed by atoms with Gasteiger partial charge in [-0.05, 0) is 24.3 Å². The molecule has 0 radical (unpaired) electrons. The summed E-state index contributed by atoms with van der Waals surface area (Å²) in [5, 5.41) is 11.5. The number of nitrogens with zero attached hydrogens (tertiary/aromatic N) is 2. The molecule has 0 spiro atoms. The number of nitrogens with one attached hydrogen (secondary N) is 1. The second-order valence-corrected chi connectivity index (χ2v) is 4.55. The molecule has 1 aromatic rings. The van der Waals surface area contributed by atoms with Gasteiger partial charge in [0.15, 0.2) is 5.92 Å². The number of rotatable bonds is 2. The fraction of sp³-hybridized carbons (Fsp3) is 0.231. The number of benzene rings is 1. The molecule has 0 unspecified atom stereocenters. The van der Waals surface area contributed by atoms with Gasteiger partial charge in [0.1, 0.15) is 5.75 Å². The lowest BCUT2D eigenvalue weighted by molar-refractivity contribution is -0.151. The average Bonchev–Trinajstić information content (AvgIpc) is 2.46. The van der Waals surface area contributed by atoms with Gasteiger partial charge in [-0.1, -0.05) is 0 Å². The second-order valence-electron chi connectivity index (χ2n) is 4.55. The Labute approximate surface area is 119 Å². The van der Waals surface area contributed by atoms with Gasteiger partial charge >= 0.3 is 6.03 Å². The van der Waals surface area contributed by atoms with E-state index in [2.05, 4.69) is 5.32 Å². The largest absolute Gasteiger partial charge is 0.508 e. The number of hydrogen-bond donors (Lipinski definition) is 2. The molecule has 1 fully saturated rings. The van der Waals surface area contributed by atoms with Crippen LogP contribution in [-0.2, 0) is 14.4 Å². The maximum absolute atomic E-state index is 12.1. The first-order valence-electron chi connectivity index (χ1n) is 6.02. The van der Waals surface area contributed by atoms with Crippen molar-refractivity contribution in [1.29, 1.82) is 0 Å². The monoisotopic (exact) mass is 291 g/mol. The van der Waals surface area contributed by atoms with Crippen LogP contribution in [-0.4, -0.2) is 52.8 Å². The van der Waals surface area contributed by atoms with Gasteiger partial charge in [0.25, 0.3) is 11.8 Å². The van der Waals surface area contributed by atoms with Gasteiger partial charge in [-0.3, -0.25) is 24.2 Å². The molecule has 5 amide bonds. The van der Waals surface area contributed by atoms with Crippen molar-refractivity contribution in [3.05, 3.63) is 24.3 Å². The predicted molar refractivity (Wildman–Crippen MR) is 71.2 cm³/mol. The summed E-state index contributed by atoms with van der Waals surface area (Å²) in [7, 11) is 2.41. The Morgan fingerprint density at radius 2 is 1.52 bits per heavy atom. The number of carbonyl (C=O) groups excluding carboxylic acids is 4. The lowest BCUT2D eigenvalue weighted by Crippen LogP contribution is -2.59. The minimum atomic E-state index is -1.61. The molecule has 1 saturated heterocycles. The third-order valence-electron chi connectivity index (χ3n) is 3.13. The number of hydrogen-bond acceptors (Lipinski definition) is 5. The molecule has 110 valence electrons. The number of amides is 5. The number of imide groups is 2. The molecule has 1 heterocycles. The average molecular weight is 291 g/mol. The third-order valence-corrected chi connectivity index (χ3v) is 3.13. The minimum Gasteiger partial charge on any atom is -0.508 e. The molecule has 0 aliphatic carbocycles. The minimum absolute atomic E-state index is 0.0166. The van der Waals surface area contributed by atoms with Crippen LogP contribution in [0.5, 0.6) is 5.75 Å². The molecule has 0 bridgehead atoms. The highest BCUT2D eigenvalue weighted by atomic mass is 16.3. The van der Waals surface area contributed by atoms with E-state index in [-0.39, 0.29) is 5.75 Å². The summed E-state index contributed by atoms with van der Waals surface area (Å²) in [5.74, 6) is -4.17. The zero-order valence-electron chi connectivity index (χ0n) is 11.4. The number of phenolic OH excluding ortho intramolecular Hbond substituents is 1. The molecule has 8 heteroatoms. The summed E-state index contributed by atoms with van der Waals surface area (Å²) < 4.78 is 0. The number of phenols is 1. The van der Waals surface area contributed by atoms with Crippen LogP contribution in [0.15, 0.2) is 24.3 Å². The van der Waals surface area contributed by atoms with Gasteiger partial charge in [0, 0.05) is 19.8 Å². The smallest absolute Gasteiger partial charge is 0.332 e. The molecule has 2 N–H and O–H groups in total. The number of carbonyl (C=O) groups is 4. The van der Waals surface area contributed by atoms with Crippen molar-refractivity contribution < 1.29 is 24.3 Å². The van der Waals surface area contributed by atoms with Crippen LogP contribution >= 0.6 is 0 Å². The number of anilines is 1. The molecule has 0 atom stereocenters. The van der Waals surface area contributed by atoms with Crippen LogP contribution in [0.1, 0.15) is 0 Å². The summed E-state index contributed by atoms with van der Waals surface area (Å²) in [6, 6.07) is 4.76. The highest BCUT2D eigenvalue weighted by molar-refractivity contribution is 6.27. The van der Waals surface area contributed by atoms with E-state index in [9.17, 15) is 19.2 Å². The van der Waals surface area contributed by atoms with Gasteiger partial charge in [0.05, 0.1) is 0 Å². The second kappa shape index (κ2) is 5.23. The van der Waals surface area contributed by atoms with Crippen LogP contribution in [0.25, 0.3) is 0 Å². The SMILES string of the molecule is CN1C(=O)C(C(=O)Nc2ccc(O)cc2)C(=O)N(C)C1=O. The summed E-state index contributed by atoms with van der Waals surface area (Å²) in [6.07, 6.45) is 0. The van der Waals surface area contributed by atoms with E-state index in [1.807, 2.05) is 0 Å². The molecular formula is C13H13N3O5. The van der Waals surface area contributed by atoms with Crippen LogP contribution in [0.2, 0.25) is 0 Å². The summed E-state index contributed by atoms with van der Waals surface area (Å²) in [6.45, 7) is 0. The lowest BCUT2D eigenvalue weighted by atomic mass is 10.0. The summed E-state index contributed by atoms with van der Waals surface area (Å²) >= 11 is 0. The van der Waals surface area contributed by atoms with E-state index in [0.29, 0.717) is 5.69 Å². The van der Waals surface area contributed by atoms with Crippen molar-refractivity contribution in [3.8, 4) is 5.75 Å². The van der Waals surface area contributed by atoms with Gasteiger partial charge in [-0.15, -0.1) is 0 Å². The van der Waals surface area contributed by atoms with Crippen LogP contribution in [0.4, 0.5) is 10.5 Å². The lowest BCUT2D eigenvalue weighted by Gasteiger charge is -2.32. The molecule has 1 aromatic carbocycles. The molecule has 21 heavy (non-hydrogen) atoms. The Kier molecular flexibility index (Phi) is 3.62. The number of urea groups is 1. The van der Waals surface area contributed by atoms with Crippen LogP contribution in [0, 0.1) is 5.92 Å². The molecule has 0 saturated carbocycles. The zero-order valence-corrected chi connectivity index (χ0v) is 11.4. The van der Waals surface area contributed by atoms with E-state index in [4.69, 9.17) is 5.11 Å². The third kappa shape index (κ3) is 2.55. The Bertz CT molecular complexity index is 601. The van der Waals surface area contributed by atoms with Crippen molar-refractivity contribution in [2.75, 3.05) is 19.4 Å². The summed E-state index contributed by atoms with van der Waals surface area (Å²) in [4.78, 5) is 49.0. The number of barbiturate groups is 1. The van der Waals surface area contributed by atoms with Gasteiger partial charge in [0.2, 0.25) is 5.91 Å². The van der Waals surface area contributed by atoms with E-state index in [1.54, 1.807) is 0 Å². The van der Waals surface area contributed by atoms with Crippen molar-refractivity contribution in [3.63, 3.8) is 0 Å². The quantitative estimate of drug-likeness (QED) is 0.589. The Morgan fingerprint density at radius 1 is 1.05 bits per heavy atom. The van der Waals surface area contributed by atoms with Crippen molar-refractivity contribution in [2.45, 2.75) is 0 Å². The normalized spacial score (nSPS) is 16.4. The first kappa shape index (κ1) is 14.5. The van der Waals surface area contributed by atoms with Crippen molar-refractivity contribution >= 4 is 29.4 Å². The number of aromatic hydroxyl groups is 1. The van der Waals surface area contributed by atoms with E-state index >= 15 is 0 Å². The maximum Gasteiger partial charge on any atom is 0.332 e. The molecule has 1 aliphatic heterocycles. The Hall–Kier alpha value is -2.90. The summed E-state index contributed by atoms with van der Waals surface area (Å²) in [5.41, 5.74) is 0.320. The van der Waals surface area contributed by atoms with E-state index in [1.165, 1.54) is 38.4 Å². The first-order chi connectivity index (χ1) is 9.82. The Balaban J connectivity index is 2.21. The van der Waals surface area contributed by atoms with E-state index < -0.39 is 29.7 Å². The maximum atomic E-state index is 12.1. The molecule has 8 nitrogen and oxygen atoms in total. The molecule has 2 rings (SSSR count). The fourth-order valence-corrected chi connectivity index (χ4v) is 1.89. The topological polar surface area (TPSA) is 107 Å². The van der Waals surface area contributed by atoms with Gasteiger partial charge < -0.3 is 10.4 Å². The zero-order chi connectivity index (χ0) is 15.7. The first-order valence-corrected chi connectivity index (χ1v) is 6.02. The van der Waals surface area contributed by atoms with Crippen LogP contribution < -0.4 is 5.32 Å². The standard InChI is InChI=1S/C13H13N3O5/c1-15-11(19)9(12(20)16(2)13(15)21)10(18)14-7-3-5-8(17)6-4-7/h3-6,9,17H,1-2H3,(H,14,18). The Morgan fingerprint density at radius 3 is 2.00 bits per heavy atom. The van der Waals surface area contributed by atoms with Gasteiger partial charge in [-0.25, -0.2) is 4.79 Å². The van der Waals surface area contributed by atoms with Crippen LogP contribution in [0.3, 0.4) is 0 Å². The van der Waals surface area contributed by atoms with Crippen molar-refractivity contribution in [1.82, 2.24) is 9.80 Å². The predicted octanol–water partition coefficient (Wildman–Crippen LogP) is -0.00270.